The molecule has 28 heavy (non-hydrogen) atoms. The van der Waals surface area contributed by atoms with E-state index in [1.807, 2.05) is 60.3 Å². The number of anilines is 2. The van der Waals surface area contributed by atoms with E-state index in [-0.39, 0.29) is 5.69 Å². The third-order valence-electron chi connectivity index (χ3n) is 4.69. The van der Waals surface area contributed by atoms with Crippen molar-refractivity contribution in [1.82, 2.24) is 9.55 Å². The van der Waals surface area contributed by atoms with E-state index >= 15 is 0 Å². The number of benzene rings is 2. The van der Waals surface area contributed by atoms with Gasteiger partial charge in [0.25, 0.3) is 5.69 Å². The lowest BCUT2D eigenvalue weighted by Crippen LogP contribution is -2.09. The molecular weight excluding hydrogens is 356 g/mol. The Bertz CT molecular complexity index is 1150. The lowest BCUT2D eigenvalue weighted by Gasteiger charge is -2.20. The van der Waals surface area contributed by atoms with Crippen LogP contribution in [0.5, 0.6) is 5.75 Å². The van der Waals surface area contributed by atoms with Gasteiger partial charge in [0.05, 0.1) is 17.5 Å². The van der Waals surface area contributed by atoms with Crippen molar-refractivity contribution >= 4 is 28.0 Å². The van der Waals surface area contributed by atoms with Gasteiger partial charge in [0.15, 0.2) is 0 Å². The van der Waals surface area contributed by atoms with Gasteiger partial charge in [-0.2, -0.15) is 0 Å². The van der Waals surface area contributed by atoms with Gasteiger partial charge in [0.2, 0.25) is 0 Å². The minimum Gasteiger partial charge on any atom is -0.497 e. The molecule has 2 aromatic carbocycles. The van der Waals surface area contributed by atoms with Gasteiger partial charge >= 0.3 is 0 Å². The molecule has 7 heteroatoms. The predicted octanol–water partition coefficient (Wildman–Crippen LogP) is 4.71. The minimum atomic E-state index is -0.453. The maximum absolute atomic E-state index is 10.8. The van der Waals surface area contributed by atoms with Gasteiger partial charge in [0, 0.05) is 42.1 Å². The molecule has 4 aromatic rings. The molecule has 0 aliphatic heterocycles. The zero-order valence-electron chi connectivity index (χ0n) is 15.4. The number of pyridine rings is 1. The fourth-order valence-electron chi connectivity index (χ4n) is 3.14. The van der Waals surface area contributed by atoms with Crippen LogP contribution in [0.25, 0.3) is 16.7 Å². The van der Waals surface area contributed by atoms with E-state index in [9.17, 15) is 10.1 Å². The van der Waals surface area contributed by atoms with E-state index in [0.29, 0.717) is 5.82 Å². The van der Waals surface area contributed by atoms with Gasteiger partial charge in [-0.15, -0.1) is 0 Å². The summed E-state index contributed by atoms with van der Waals surface area (Å²) in [6, 6.07) is 19.1. The second-order valence-electron chi connectivity index (χ2n) is 6.32. The van der Waals surface area contributed by atoms with Crippen LogP contribution in [0, 0.1) is 10.1 Å². The van der Waals surface area contributed by atoms with Crippen LogP contribution in [-0.4, -0.2) is 28.6 Å². The number of nitro groups is 1. The standard InChI is InChI=1S/C21H18N4O3/c1-23(16-4-3-5-19(13-16)28-2)17-6-8-20-15(12-17)10-11-24(20)21-9-7-18(14-22-21)25(26)27/h3-14H,1-2H3. The van der Waals surface area contributed by atoms with Crippen molar-refractivity contribution in [2.24, 2.45) is 0 Å². The van der Waals surface area contributed by atoms with Crippen molar-refractivity contribution in [3.63, 3.8) is 0 Å². The molecule has 2 aromatic heterocycles. The van der Waals surface area contributed by atoms with E-state index in [0.717, 1.165) is 28.0 Å². The quantitative estimate of drug-likeness (QED) is 0.374. The SMILES string of the molecule is COc1cccc(N(C)c2ccc3c(ccn3-c3ccc([N+](=O)[O-])cn3)c2)c1. The van der Waals surface area contributed by atoms with E-state index in [1.165, 1.54) is 12.3 Å². The minimum absolute atomic E-state index is 0.0255. The van der Waals surface area contributed by atoms with Crippen LogP contribution in [0.4, 0.5) is 17.1 Å². The summed E-state index contributed by atoms with van der Waals surface area (Å²) in [5.41, 5.74) is 3.01. The second-order valence-corrected chi connectivity index (χ2v) is 6.32. The number of ether oxygens (including phenoxy) is 1. The lowest BCUT2D eigenvalue weighted by atomic mass is 10.2. The average molecular weight is 374 g/mol. The molecule has 0 saturated carbocycles. The van der Waals surface area contributed by atoms with Crippen molar-refractivity contribution in [3.8, 4) is 11.6 Å². The molecule has 2 heterocycles. The Hall–Kier alpha value is -3.87. The molecule has 0 atom stereocenters. The van der Waals surface area contributed by atoms with E-state index in [1.54, 1.807) is 13.2 Å². The maximum Gasteiger partial charge on any atom is 0.287 e. The van der Waals surface area contributed by atoms with Crippen LogP contribution in [0.15, 0.2) is 73.1 Å². The lowest BCUT2D eigenvalue weighted by molar-refractivity contribution is -0.385. The predicted molar refractivity (Wildman–Crippen MR) is 109 cm³/mol. The molecule has 0 spiro atoms. The highest BCUT2D eigenvalue weighted by molar-refractivity contribution is 5.86. The average Bonchev–Trinajstić information content (AvgIpc) is 3.16. The molecule has 0 saturated heterocycles. The van der Waals surface area contributed by atoms with Gasteiger partial charge in [-0.05, 0) is 42.5 Å². The number of nitrogens with zero attached hydrogens (tertiary/aromatic N) is 4. The van der Waals surface area contributed by atoms with E-state index < -0.39 is 4.92 Å². The largest absolute Gasteiger partial charge is 0.497 e. The van der Waals surface area contributed by atoms with Crippen LogP contribution < -0.4 is 9.64 Å². The monoisotopic (exact) mass is 374 g/mol. The Morgan fingerprint density at radius 3 is 2.61 bits per heavy atom. The van der Waals surface area contributed by atoms with Crippen LogP contribution in [-0.2, 0) is 0 Å². The zero-order valence-corrected chi connectivity index (χ0v) is 15.4. The highest BCUT2D eigenvalue weighted by Gasteiger charge is 2.11. The fourth-order valence-corrected chi connectivity index (χ4v) is 3.14. The molecular formula is C21H18N4O3. The van der Waals surface area contributed by atoms with Crippen LogP contribution in [0.1, 0.15) is 0 Å². The number of fused-ring (bicyclic) bond motifs is 1. The molecule has 4 rings (SSSR count). The highest BCUT2D eigenvalue weighted by Crippen LogP contribution is 2.30. The van der Waals surface area contributed by atoms with Crippen LogP contribution >= 0.6 is 0 Å². The summed E-state index contributed by atoms with van der Waals surface area (Å²) in [5.74, 6) is 1.44. The Kier molecular flexibility index (Phi) is 4.41. The molecule has 7 nitrogen and oxygen atoms in total. The Morgan fingerprint density at radius 2 is 1.89 bits per heavy atom. The normalized spacial score (nSPS) is 10.8. The smallest absolute Gasteiger partial charge is 0.287 e. The first-order valence-corrected chi connectivity index (χ1v) is 8.66. The van der Waals surface area contributed by atoms with Crippen LogP contribution in [0.3, 0.4) is 0 Å². The van der Waals surface area contributed by atoms with Gasteiger partial charge < -0.3 is 14.2 Å². The first kappa shape index (κ1) is 17.5. The number of rotatable bonds is 5. The summed E-state index contributed by atoms with van der Waals surface area (Å²) in [6.45, 7) is 0. The summed E-state index contributed by atoms with van der Waals surface area (Å²) < 4.78 is 7.22. The van der Waals surface area contributed by atoms with Crippen molar-refractivity contribution in [2.45, 2.75) is 0 Å². The Labute approximate surface area is 161 Å². The van der Waals surface area contributed by atoms with Gasteiger partial charge in [0.1, 0.15) is 17.8 Å². The summed E-state index contributed by atoms with van der Waals surface area (Å²) in [7, 11) is 3.66. The number of aromatic nitrogens is 2. The van der Waals surface area contributed by atoms with Crippen molar-refractivity contribution in [1.29, 1.82) is 0 Å². The molecule has 0 radical (unpaired) electrons. The topological polar surface area (TPSA) is 73.4 Å². The maximum atomic E-state index is 10.8. The first-order chi connectivity index (χ1) is 13.6. The highest BCUT2D eigenvalue weighted by atomic mass is 16.6. The molecule has 0 fully saturated rings. The van der Waals surface area contributed by atoms with Crippen molar-refractivity contribution < 1.29 is 9.66 Å². The number of hydrogen-bond donors (Lipinski definition) is 0. The van der Waals surface area contributed by atoms with E-state index in [4.69, 9.17) is 4.74 Å². The fraction of sp³-hybridized carbons (Fsp3) is 0.0952. The molecule has 0 aliphatic rings. The summed E-state index contributed by atoms with van der Waals surface area (Å²) in [6.07, 6.45) is 3.18. The number of methoxy groups -OCH3 is 1. The Morgan fingerprint density at radius 1 is 1.07 bits per heavy atom. The molecule has 140 valence electrons. The second kappa shape index (κ2) is 7.03. The molecule has 0 N–H and O–H groups in total. The summed E-state index contributed by atoms with van der Waals surface area (Å²) in [5, 5.41) is 11.9. The van der Waals surface area contributed by atoms with Gasteiger partial charge in [-0.1, -0.05) is 6.07 Å². The Balaban J connectivity index is 1.68. The summed E-state index contributed by atoms with van der Waals surface area (Å²) >= 11 is 0. The van der Waals surface area contributed by atoms with Gasteiger partial charge in [-0.3, -0.25) is 10.1 Å². The summed E-state index contributed by atoms with van der Waals surface area (Å²) in [4.78, 5) is 16.7. The first-order valence-electron chi connectivity index (χ1n) is 8.66. The molecule has 0 unspecified atom stereocenters. The third-order valence-corrected chi connectivity index (χ3v) is 4.69. The van der Waals surface area contributed by atoms with Crippen molar-refractivity contribution in [3.05, 3.63) is 83.2 Å². The van der Waals surface area contributed by atoms with Crippen molar-refractivity contribution in [2.75, 3.05) is 19.1 Å². The molecule has 0 bridgehead atoms. The third kappa shape index (κ3) is 3.14. The number of hydrogen-bond acceptors (Lipinski definition) is 5. The van der Waals surface area contributed by atoms with Crippen LogP contribution in [0.2, 0.25) is 0 Å². The molecule has 0 amide bonds. The van der Waals surface area contributed by atoms with Gasteiger partial charge in [-0.25, -0.2) is 4.98 Å². The van der Waals surface area contributed by atoms with E-state index in [2.05, 4.69) is 16.0 Å². The zero-order chi connectivity index (χ0) is 19.7. The molecule has 0 aliphatic carbocycles.